The second kappa shape index (κ2) is 22.5. The quantitative estimate of drug-likeness (QED) is 0.0277. The molecule has 21 nitrogen and oxygen atoms in total. The Morgan fingerprint density at radius 3 is 1.92 bits per heavy atom. The number of aromatic nitrogens is 2. The van der Waals surface area contributed by atoms with E-state index in [4.69, 9.17) is 22.3 Å². The van der Waals surface area contributed by atoms with Crippen LogP contribution in [0, 0.1) is 11.8 Å². The number of nitrogens with zero attached hydrogens (tertiary/aromatic N) is 2. The molecular weight excluding hydrogens is 686 g/mol. The highest BCUT2D eigenvalue weighted by molar-refractivity contribution is 5.96. The van der Waals surface area contributed by atoms with E-state index in [9.17, 15) is 43.8 Å². The number of guanidine groups is 1. The minimum absolute atomic E-state index is 0.0656. The van der Waals surface area contributed by atoms with E-state index in [2.05, 4.69) is 41.5 Å². The number of H-pyrrole nitrogens is 1. The molecule has 0 aliphatic heterocycles. The molecule has 15 N–H and O–H groups in total. The fourth-order valence-corrected chi connectivity index (χ4v) is 4.74. The number of aliphatic hydroxyl groups excluding tert-OH is 1. The number of amides is 5. The van der Waals surface area contributed by atoms with Crippen molar-refractivity contribution in [1.82, 2.24) is 36.6 Å². The largest absolute Gasteiger partial charge is 0.481 e. The van der Waals surface area contributed by atoms with Gasteiger partial charge in [0.25, 0.3) is 0 Å². The standard InChI is InChI=1S/C31H53N11O10/c1-5-16(4)24(42-25(46)18(32)8-9-22(44)45)29(50)41-23(15(2)3)28(49)39-20(11-17-12-35-14-37-17)26(47)40-21(13-43)27(48)38-19(30(51)52)7-6-10-36-31(33)34/h12,14-16,18-21,23-24,43H,5-11,13,32H2,1-4H3,(H,35,37)(H,38,48)(H,39,49)(H,40,47)(H,41,50)(H,42,46)(H,44,45)(H,51,52)(H4,33,34,36)/t16-,18-,19-,20-,21-,23-,24-/m0/s1. The normalized spacial score (nSPS) is 15.1. The number of aliphatic imine (C=N–C) groups is 1. The zero-order valence-corrected chi connectivity index (χ0v) is 29.8. The molecule has 1 aromatic rings. The summed E-state index contributed by atoms with van der Waals surface area (Å²) in [6.07, 6.45) is 2.62. The van der Waals surface area contributed by atoms with Crippen LogP contribution in [-0.2, 0) is 40.0 Å². The first-order valence-electron chi connectivity index (χ1n) is 16.8. The zero-order chi connectivity index (χ0) is 39.5. The molecule has 0 aromatic carbocycles. The summed E-state index contributed by atoms with van der Waals surface area (Å²) in [5, 5.41) is 40.7. The topological polar surface area (TPSA) is 359 Å². The Labute approximate surface area is 300 Å². The number of nitrogens with two attached hydrogens (primary N) is 3. The van der Waals surface area contributed by atoms with Gasteiger partial charge in [0.1, 0.15) is 30.2 Å². The van der Waals surface area contributed by atoms with Crippen molar-refractivity contribution < 1.29 is 48.9 Å². The average Bonchev–Trinajstić information content (AvgIpc) is 3.60. The summed E-state index contributed by atoms with van der Waals surface area (Å²) in [5.41, 5.74) is 16.8. The van der Waals surface area contributed by atoms with Crippen LogP contribution in [0.4, 0.5) is 0 Å². The van der Waals surface area contributed by atoms with E-state index in [0.717, 1.165) is 0 Å². The number of aromatic amines is 1. The summed E-state index contributed by atoms with van der Waals surface area (Å²) in [4.78, 5) is 99.5. The van der Waals surface area contributed by atoms with Crippen LogP contribution in [-0.4, -0.2) is 122 Å². The van der Waals surface area contributed by atoms with Gasteiger partial charge in [0, 0.05) is 31.3 Å². The third-order valence-electron chi connectivity index (χ3n) is 8.03. The highest BCUT2D eigenvalue weighted by Gasteiger charge is 2.35. The van der Waals surface area contributed by atoms with Crippen molar-refractivity contribution in [3.05, 3.63) is 18.2 Å². The third kappa shape index (κ3) is 15.7. The van der Waals surface area contributed by atoms with Gasteiger partial charge in [0.2, 0.25) is 29.5 Å². The lowest BCUT2D eigenvalue weighted by molar-refractivity contribution is -0.143. The molecule has 1 rings (SSSR count). The highest BCUT2D eigenvalue weighted by Crippen LogP contribution is 2.12. The van der Waals surface area contributed by atoms with Crippen LogP contribution in [0.25, 0.3) is 0 Å². The van der Waals surface area contributed by atoms with Crippen LogP contribution < -0.4 is 43.8 Å². The maximum atomic E-state index is 13.7. The lowest BCUT2D eigenvalue weighted by atomic mass is 9.95. The highest BCUT2D eigenvalue weighted by atomic mass is 16.4. The van der Waals surface area contributed by atoms with Gasteiger partial charge in [-0.3, -0.25) is 33.8 Å². The Kier molecular flexibility index (Phi) is 19.3. The zero-order valence-electron chi connectivity index (χ0n) is 29.8. The number of carbonyl (C=O) groups is 7. The van der Waals surface area contributed by atoms with Crippen molar-refractivity contribution in [2.24, 2.45) is 34.0 Å². The number of carboxylic acids is 2. The number of aliphatic carboxylic acids is 2. The van der Waals surface area contributed by atoms with Crippen molar-refractivity contribution in [2.75, 3.05) is 13.2 Å². The molecule has 52 heavy (non-hydrogen) atoms. The first-order chi connectivity index (χ1) is 24.4. The van der Waals surface area contributed by atoms with Crippen molar-refractivity contribution >= 4 is 47.4 Å². The first-order valence-corrected chi connectivity index (χ1v) is 16.8. The molecule has 7 atom stereocenters. The van der Waals surface area contributed by atoms with Gasteiger partial charge in [-0.05, 0) is 31.1 Å². The van der Waals surface area contributed by atoms with Crippen LogP contribution in [0.15, 0.2) is 17.5 Å². The number of hydrogen-bond acceptors (Lipinski definition) is 11. The number of rotatable bonds is 24. The smallest absolute Gasteiger partial charge is 0.326 e. The monoisotopic (exact) mass is 739 g/mol. The minimum atomic E-state index is -1.62. The van der Waals surface area contributed by atoms with Crippen LogP contribution in [0.3, 0.4) is 0 Å². The third-order valence-corrected chi connectivity index (χ3v) is 8.03. The summed E-state index contributed by atoms with van der Waals surface area (Å²) in [6.45, 7) is 5.93. The SMILES string of the molecule is CC[C@H](C)[C@H](NC(=O)[C@@H](N)CCC(=O)O)C(=O)N[C@H](C(=O)N[C@@H](Cc1cnc[nH]1)C(=O)N[C@@H](CO)C(=O)N[C@@H](CCCN=C(N)N)C(=O)O)C(C)C. The first kappa shape index (κ1) is 44.7. The Balaban J connectivity index is 3.17. The maximum Gasteiger partial charge on any atom is 0.326 e. The Morgan fingerprint density at radius 1 is 0.827 bits per heavy atom. The van der Waals surface area contributed by atoms with Gasteiger partial charge in [0.05, 0.1) is 19.0 Å². The minimum Gasteiger partial charge on any atom is -0.481 e. The molecule has 21 heteroatoms. The number of aliphatic hydroxyl groups is 1. The summed E-state index contributed by atoms with van der Waals surface area (Å²) in [5.74, 6) is -7.86. The van der Waals surface area contributed by atoms with E-state index in [1.807, 2.05) is 0 Å². The molecule has 0 spiro atoms. The number of carbonyl (C=O) groups excluding carboxylic acids is 5. The maximum absolute atomic E-state index is 13.7. The lowest BCUT2D eigenvalue weighted by Crippen LogP contribution is -2.61. The van der Waals surface area contributed by atoms with E-state index in [1.165, 1.54) is 12.5 Å². The molecule has 0 aliphatic carbocycles. The van der Waals surface area contributed by atoms with Crippen molar-refractivity contribution in [1.29, 1.82) is 0 Å². The van der Waals surface area contributed by atoms with Crippen LogP contribution in [0.5, 0.6) is 0 Å². The van der Waals surface area contributed by atoms with Gasteiger partial charge in [-0.25, -0.2) is 9.78 Å². The summed E-state index contributed by atoms with van der Waals surface area (Å²) in [7, 11) is 0. The fourth-order valence-electron chi connectivity index (χ4n) is 4.74. The Morgan fingerprint density at radius 2 is 1.40 bits per heavy atom. The van der Waals surface area contributed by atoms with Gasteiger partial charge in [-0.15, -0.1) is 0 Å². The number of imidazole rings is 1. The predicted octanol–water partition coefficient (Wildman–Crippen LogP) is -3.60. The molecule has 1 heterocycles. The van der Waals surface area contributed by atoms with E-state index in [-0.39, 0.29) is 44.6 Å². The lowest BCUT2D eigenvalue weighted by Gasteiger charge is -2.30. The molecule has 0 fully saturated rings. The molecule has 0 saturated heterocycles. The van der Waals surface area contributed by atoms with Crippen LogP contribution in [0.1, 0.15) is 65.5 Å². The van der Waals surface area contributed by atoms with E-state index in [1.54, 1.807) is 27.7 Å². The molecule has 0 saturated carbocycles. The summed E-state index contributed by atoms with van der Waals surface area (Å²) in [6, 6.07) is -7.97. The van der Waals surface area contributed by atoms with E-state index >= 15 is 0 Å². The molecule has 1 aromatic heterocycles. The second-order valence-corrected chi connectivity index (χ2v) is 12.6. The summed E-state index contributed by atoms with van der Waals surface area (Å²) < 4.78 is 0. The molecule has 0 unspecified atom stereocenters. The number of nitrogens with one attached hydrogen (secondary N) is 6. The van der Waals surface area contributed by atoms with Gasteiger partial charge >= 0.3 is 11.9 Å². The summed E-state index contributed by atoms with van der Waals surface area (Å²) >= 11 is 0. The van der Waals surface area contributed by atoms with Gasteiger partial charge in [-0.1, -0.05) is 34.1 Å². The van der Waals surface area contributed by atoms with Gasteiger partial charge in [0.15, 0.2) is 5.96 Å². The second-order valence-electron chi connectivity index (χ2n) is 12.6. The van der Waals surface area contributed by atoms with Crippen LogP contribution >= 0.6 is 0 Å². The predicted molar refractivity (Wildman–Crippen MR) is 186 cm³/mol. The van der Waals surface area contributed by atoms with Crippen molar-refractivity contribution in [2.45, 2.75) is 102 Å². The molecule has 0 bridgehead atoms. The number of carboxylic acid groups (broad SMARTS) is 2. The fraction of sp³-hybridized carbons (Fsp3) is 0.645. The van der Waals surface area contributed by atoms with E-state index < -0.39 is 96.2 Å². The number of hydrogen-bond donors (Lipinski definition) is 12. The van der Waals surface area contributed by atoms with Gasteiger partial charge in [-0.2, -0.15) is 0 Å². The van der Waals surface area contributed by atoms with E-state index in [0.29, 0.717) is 12.1 Å². The molecule has 0 radical (unpaired) electrons. The molecule has 5 amide bonds. The Bertz CT molecular complexity index is 1390. The van der Waals surface area contributed by atoms with Crippen LogP contribution in [0.2, 0.25) is 0 Å². The van der Waals surface area contributed by atoms with Gasteiger partial charge < -0.3 is 64.1 Å². The molecule has 292 valence electrons. The molecular formula is C31H53N11O10. The van der Waals surface area contributed by atoms with Crippen molar-refractivity contribution in [3.63, 3.8) is 0 Å². The average molecular weight is 740 g/mol. The van der Waals surface area contributed by atoms with Crippen molar-refractivity contribution in [3.8, 4) is 0 Å². The molecule has 0 aliphatic rings. The Hall–Kier alpha value is -5.31.